The van der Waals surface area contributed by atoms with Crippen molar-refractivity contribution in [3.05, 3.63) is 176 Å². The van der Waals surface area contributed by atoms with Gasteiger partial charge in [0.15, 0.2) is 17.5 Å². The number of hydrogen-bond acceptors (Lipinski definition) is 4. The van der Waals surface area contributed by atoms with Crippen LogP contribution in [-0.4, -0.2) is 15.0 Å². The van der Waals surface area contributed by atoms with Crippen LogP contribution in [0.2, 0.25) is 0 Å². The molecular weight excluding hydrogens is 623 g/mol. The Hall–Kier alpha value is -6.91. The van der Waals surface area contributed by atoms with Crippen LogP contribution in [0.1, 0.15) is 0 Å². The minimum absolute atomic E-state index is 0.559. The molecule has 8 aromatic carbocycles. The van der Waals surface area contributed by atoms with Gasteiger partial charge in [-0.15, -0.1) is 0 Å². The van der Waals surface area contributed by atoms with Gasteiger partial charge in [-0.25, -0.2) is 15.0 Å². The van der Waals surface area contributed by atoms with Crippen molar-refractivity contribution in [2.45, 2.75) is 0 Å². The van der Waals surface area contributed by atoms with E-state index in [1.165, 1.54) is 10.8 Å². The maximum absolute atomic E-state index is 6.65. The molecule has 0 unspecified atom stereocenters. The smallest absolute Gasteiger partial charge is 0.167 e. The molecule has 51 heavy (non-hydrogen) atoms. The lowest BCUT2D eigenvalue weighted by atomic mass is 9.96. The summed E-state index contributed by atoms with van der Waals surface area (Å²) in [5, 5.41) is 6.70. The van der Waals surface area contributed by atoms with Crippen molar-refractivity contribution in [1.82, 2.24) is 15.0 Å². The second-order valence-electron chi connectivity index (χ2n) is 12.9. The summed E-state index contributed by atoms with van der Waals surface area (Å²) >= 11 is 0. The van der Waals surface area contributed by atoms with Crippen LogP contribution >= 0.6 is 0 Å². The van der Waals surface area contributed by atoms with E-state index >= 15 is 0 Å². The van der Waals surface area contributed by atoms with Gasteiger partial charge in [-0.3, -0.25) is 0 Å². The third-order valence-corrected chi connectivity index (χ3v) is 9.65. The van der Waals surface area contributed by atoms with Gasteiger partial charge in [-0.2, -0.15) is 0 Å². The molecule has 2 heterocycles. The first kappa shape index (κ1) is 29.0. The van der Waals surface area contributed by atoms with E-state index in [1.807, 2.05) is 18.2 Å². The Morgan fingerprint density at radius 1 is 0.314 bits per heavy atom. The molecule has 2 aromatic heterocycles. The molecule has 10 rings (SSSR count). The van der Waals surface area contributed by atoms with E-state index in [0.717, 1.165) is 71.7 Å². The molecule has 4 nitrogen and oxygen atoms in total. The van der Waals surface area contributed by atoms with E-state index < -0.39 is 0 Å². The maximum Gasteiger partial charge on any atom is 0.167 e. The quantitative estimate of drug-likeness (QED) is 0.186. The van der Waals surface area contributed by atoms with Gasteiger partial charge < -0.3 is 4.42 Å². The summed E-state index contributed by atoms with van der Waals surface area (Å²) in [6, 6.07) is 61.2. The number of rotatable bonds is 5. The van der Waals surface area contributed by atoms with Crippen molar-refractivity contribution < 1.29 is 4.42 Å². The highest BCUT2D eigenvalue weighted by atomic mass is 16.3. The molecule has 0 amide bonds. The average molecular weight is 652 g/mol. The summed E-state index contributed by atoms with van der Waals surface area (Å²) in [5.74, 6) is 1.76. The van der Waals surface area contributed by atoms with Crippen molar-refractivity contribution in [2.75, 3.05) is 0 Å². The zero-order chi connectivity index (χ0) is 33.7. The van der Waals surface area contributed by atoms with Crippen LogP contribution in [0.25, 0.3) is 99.9 Å². The van der Waals surface area contributed by atoms with Crippen molar-refractivity contribution in [2.24, 2.45) is 0 Å². The zero-order valence-electron chi connectivity index (χ0n) is 27.5. The second kappa shape index (κ2) is 11.9. The highest BCUT2D eigenvalue weighted by molar-refractivity contribution is 6.13. The standard InChI is InChI=1S/C47H29N3O/c1-3-12-30(13-4-1)37-25-38(31-14-5-2-6-15-31)27-39(26-37)46-48-45(36-23-22-32-16-7-8-17-33(32)24-36)49-47(50-46)41-21-11-20-40-42-28-34-18-9-10-19-35(34)29-43(42)51-44(40)41/h1-29H. The third kappa shape index (κ3) is 5.22. The molecule has 10 aromatic rings. The summed E-state index contributed by atoms with van der Waals surface area (Å²) in [6.45, 7) is 0. The summed E-state index contributed by atoms with van der Waals surface area (Å²) in [4.78, 5) is 15.6. The molecule has 0 spiro atoms. The van der Waals surface area contributed by atoms with E-state index in [-0.39, 0.29) is 0 Å². The van der Waals surface area contributed by atoms with Gasteiger partial charge >= 0.3 is 0 Å². The Balaban J connectivity index is 1.23. The van der Waals surface area contributed by atoms with E-state index in [2.05, 4.69) is 158 Å². The fourth-order valence-electron chi connectivity index (χ4n) is 7.09. The highest BCUT2D eigenvalue weighted by Crippen LogP contribution is 2.38. The lowest BCUT2D eigenvalue weighted by molar-refractivity contribution is 0.670. The van der Waals surface area contributed by atoms with E-state index in [9.17, 15) is 0 Å². The van der Waals surface area contributed by atoms with E-state index in [1.54, 1.807) is 0 Å². The molecule has 238 valence electrons. The monoisotopic (exact) mass is 651 g/mol. The highest BCUT2D eigenvalue weighted by Gasteiger charge is 2.19. The first-order valence-electron chi connectivity index (χ1n) is 17.1. The molecule has 0 saturated heterocycles. The molecule has 0 atom stereocenters. The van der Waals surface area contributed by atoms with Crippen molar-refractivity contribution in [3.63, 3.8) is 0 Å². The van der Waals surface area contributed by atoms with Crippen LogP contribution in [0, 0.1) is 0 Å². The average Bonchev–Trinajstić information content (AvgIpc) is 3.57. The molecule has 0 fully saturated rings. The molecule has 0 saturated carbocycles. The van der Waals surface area contributed by atoms with E-state index in [0.29, 0.717) is 17.5 Å². The summed E-state index contributed by atoms with van der Waals surface area (Å²) in [5.41, 5.74) is 8.67. The van der Waals surface area contributed by atoms with Crippen LogP contribution in [-0.2, 0) is 0 Å². The topological polar surface area (TPSA) is 51.8 Å². The lowest BCUT2D eigenvalue weighted by Crippen LogP contribution is -2.01. The van der Waals surface area contributed by atoms with Gasteiger partial charge in [-0.05, 0) is 86.3 Å². The number of nitrogens with zero attached hydrogens (tertiary/aromatic N) is 3. The number of para-hydroxylation sites is 1. The minimum atomic E-state index is 0.559. The SMILES string of the molecule is c1ccc(-c2cc(-c3ccccc3)cc(-c3nc(-c4ccc5ccccc5c4)nc(-c4cccc5c4oc4cc6ccccc6cc45)n3)c2)cc1. The molecule has 0 bridgehead atoms. The predicted octanol–water partition coefficient (Wildman–Crippen LogP) is 12.4. The molecule has 0 aliphatic heterocycles. The molecule has 0 N–H and O–H groups in total. The first-order chi connectivity index (χ1) is 25.2. The number of aromatic nitrogens is 3. The van der Waals surface area contributed by atoms with Crippen molar-refractivity contribution >= 4 is 43.5 Å². The van der Waals surface area contributed by atoms with Crippen LogP contribution in [0.4, 0.5) is 0 Å². The number of fused-ring (bicyclic) bond motifs is 5. The van der Waals surface area contributed by atoms with Gasteiger partial charge in [0.05, 0.1) is 5.56 Å². The Labute approximate surface area is 294 Å². The van der Waals surface area contributed by atoms with Gasteiger partial charge in [0, 0.05) is 21.9 Å². The van der Waals surface area contributed by atoms with Gasteiger partial charge in [0.1, 0.15) is 11.2 Å². The Bertz CT molecular complexity index is 2860. The lowest BCUT2D eigenvalue weighted by Gasteiger charge is -2.13. The predicted molar refractivity (Wildman–Crippen MR) is 209 cm³/mol. The Morgan fingerprint density at radius 3 is 1.55 bits per heavy atom. The Kier molecular flexibility index (Phi) is 6.78. The second-order valence-corrected chi connectivity index (χ2v) is 12.9. The van der Waals surface area contributed by atoms with Gasteiger partial charge in [0.2, 0.25) is 0 Å². The first-order valence-corrected chi connectivity index (χ1v) is 17.1. The van der Waals surface area contributed by atoms with Crippen LogP contribution in [0.5, 0.6) is 0 Å². The normalized spacial score (nSPS) is 11.5. The van der Waals surface area contributed by atoms with Crippen molar-refractivity contribution in [1.29, 1.82) is 0 Å². The fourth-order valence-corrected chi connectivity index (χ4v) is 7.09. The zero-order valence-corrected chi connectivity index (χ0v) is 27.5. The number of benzene rings is 8. The summed E-state index contributed by atoms with van der Waals surface area (Å²) < 4.78 is 6.65. The maximum atomic E-state index is 6.65. The van der Waals surface area contributed by atoms with Gasteiger partial charge in [0.25, 0.3) is 0 Å². The molecule has 0 aliphatic carbocycles. The molecule has 0 aliphatic rings. The summed E-state index contributed by atoms with van der Waals surface area (Å²) in [6.07, 6.45) is 0. The number of furan rings is 1. The van der Waals surface area contributed by atoms with Crippen molar-refractivity contribution in [3.8, 4) is 56.4 Å². The van der Waals surface area contributed by atoms with Crippen LogP contribution in [0.15, 0.2) is 180 Å². The van der Waals surface area contributed by atoms with E-state index in [4.69, 9.17) is 19.4 Å². The van der Waals surface area contributed by atoms with Crippen LogP contribution < -0.4 is 0 Å². The van der Waals surface area contributed by atoms with Crippen LogP contribution in [0.3, 0.4) is 0 Å². The molecular formula is C47H29N3O. The fraction of sp³-hybridized carbons (Fsp3) is 0. The summed E-state index contributed by atoms with van der Waals surface area (Å²) in [7, 11) is 0. The molecule has 4 heteroatoms. The molecule has 0 radical (unpaired) electrons. The minimum Gasteiger partial charge on any atom is -0.455 e. The third-order valence-electron chi connectivity index (χ3n) is 9.65. The van der Waals surface area contributed by atoms with Gasteiger partial charge in [-0.1, -0.05) is 133 Å². The number of hydrogen-bond donors (Lipinski definition) is 0. The Morgan fingerprint density at radius 2 is 0.863 bits per heavy atom. The largest absolute Gasteiger partial charge is 0.455 e.